The molecule has 0 fully saturated rings. The summed E-state index contributed by atoms with van der Waals surface area (Å²) in [5.41, 5.74) is 3.42. The Labute approximate surface area is 151 Å². The third kappa shape index (κ3) is 2.92. The third-order valence-electron chi connectivity index (χ3n) is 4.88. The van der Waals surface area contributed by atoms with Gasteiger partial charge in [-0.3, -0.25) is 4.79 Å². The highest BCUT2D eigenvalue weighted by atomic mass is 35.5. The van der Waals surface area contributed by atoms with Crippen LogP contribution in [0, 0.1) is 0 Å². The van der Waals surface area contributed by atoms with Crippen molar-refractivity contribution >= 4 is 28.4 Å². The molecule has 0 bridgehead atoms. The van der Waals surface area contributed by atoms with Crippen molar-refractivity contribution in [1.82, 2.24) is 9.88 Å². The molecule has 1 aliphatic heterocycles. The minimum Gasteiger partial charge on any atom is -0.396 e. The fraction of sp³-hybridized carbons (Fsp3) is 0.250. The van der Waals surface area contributed by atoms with Gasteiger partial charge in [-0.05, 0) is 24.1 Å². The number of aromatic nitrogens is 1. The smallest absolute Gasteiger partial charge is 0.256 e. The second-order valence-electron chi connectivity index (χ2n) is 6.48. The van der Waals surface area contributed by atoms with E-state index in [1.807, 2.05) is 47.4 Å². The summed E-state index contributed by atoms with van der Waals surface area (Å²) >= 11 is 6.09. The van der Waals surface area contributed by atoms with Gasteiger partial charge in [0.25, 0.3) is 5.91 Å². The van der Waals surface area contributed by atoms with E-state index < -0.39 is 0 Å². The highest BCUT2D eigenvalue weighted by Crippen LogP contribution is 2.34. The number of nitrogens with zero attached hydrogens (tertiary/aromatic N) is 1. The van der Waals surface area contributed by atoms with Crippen LogP contribution in [0.4, 0.5) is 0 Å². The third-order valence-corrected chi connectivity index (χ3v) is 5.12. The lowest BCUT2D eigenvalue weighted by Crippen LogP contribution is -2.30. The van der Waals surface area contributed by atoms with E-state index in [0.29, 0.717) is 23.7 Å². The van der Waals surface area contributed by atoms with E-state index in [9.17, 15) is 9.90 Å². The Balaban J connectivity index is 1.79. The highest BCUT2D eigenvalue weighted by Gasteiger charge is 2.31. The van der Waals surface area contributed by atoms with E-state index in [1.165, 1.54) is 0 Å². The van der Waals surface area contributed by atoms with Crippen LogP contribution >= 0.6 is 11.6 Å². The van der Waals surface area contributed by atoms with Crippen LogP contribution in [0.2, 0.25) is 5.02 Å². The van der Waals surface area contributed by atoms with Gasteiger partial charge in [0.2, 0.25) is 0 Å². The van der Waals surface area contributed by atoms with Crippen molar-refractivity contribution in [1.29, 1.82) is 0 Å². The summed E-state index contributed by atoms with van der Waals surface area (Å²) in [6, 6.07) is 15.5. The summed E-state index contributed by atoms with van der Waals surface area (Å²) in [7, 11) is 0. The van der Waals surface area contributed by atoms with Gasteiger partial charge in [-0.25, -0.2) is 0 Å². The molecule has 2 heterocycles. The number of rotatable bonds is 3. The number of halogens is 1. The minimum absolute atomic E-state index is 0.00313. The fourth-order valence-electron chi connectivity index (χ4n) is 3.58. The van der Waals surface area contributed by atoms with E-state index in [2.05, 4.69) is 4.98 Å². The molecule has 0 spiro atoms. The van der Waals surface area contributed by atoms with Gasteiger partial charge in [-0.2, -0.15) is 0 Å². The van der Waals surface area contributed by atoms with Gasteiger partial charge < -0.3 is 15.0 Å². The monoisotopic (exact) mass is 354 g/mol. The Kier molecular flexibility index (Phi) is 4.24. The zero-order chi connectivity index (χ0) is 17.4. The van der Waals surface area contributed by atoms with Gasteiger partial charge in [0, 0.05) is 40.6 Å². The number of fused-ring (bicyclic) bond motifs is 3. The fourth-order valence-corrected chi connectivity index (χ4v) is 3.75. The maximum atomic E-state index is 13.3. The molecule has 0 radical (unpaired) electrons. The van der Waals surface area contributed by atoms with Crippen molar-refractivity contribution < 1.29 is 9.90 Å². The van der Waals surface area contributed by atoms with Gasteiger partial charge >= 0.3 is 0 Å². The number of carbonyl (C=O) groups is 1. The standard InChI is InChI=1S/C20H19ClN2O2/c21-15-6-7-16-17(10-15)22-19-14(12-24)8-9-23(20(25)18(16)19)11-13-4-2-1-3-5-13/h1-7,10,14,22,24H,8-9,11-12H2. The van der Waals surface area contributed by atoms with Gasteiger partial charge in [0.15, 0.2) is 0 Å². The Morgan fingerprint density at radius 1 is 1.20 bits per heavy atom. The summed E-state index contributed by atoms with van der Waals surface area (Å²) < 4.78 is 0. The molecular weight excluding hydrogens is 336 g/mol. The summed E-state index contributed by atoms with van der Waals surface area (Å²) in [4.78, 5) is 18.4. The van der Waals surface area contributed by atoms with E-state index in [1.54, 1.807) is 6.07 Å². The molecular formula is C20H19ClN2O2. The van der Waals surface area contributed by atoms with E-state index in [0.717, 1.165) is 28.6 Å². The topological polar surface area (TPSA) is 56.3 Å². The number of benzene rings is 2. The molecule has 4 nitrogen and oxygen atoms in total. The normalized spacial score (nSPS) is 17.6. The number of hydrogen-bond acceptors (Lipinski definition) is 2. The van der Waals surface area contributed by atoms with Gasteiger partial charge in [0.05, 0.1) is 12.2 Å². The lowest BCUT2D eigenvalue weighted by Gasteiger charge is -2.21. The molecule has 128 valence electrons. The van der Waals surface area contributed by atoms with E-state index in [-0.39, 0.29) is 18.4 Å². The number of carbonyl (C=O) groups excluding carboxylic acids is 1. The quantitative estimate of drug-likeness (QED) is 0.748. The van der Waals surface area contributed by atoms with Gasteiger partial charge in [0.1, 0.15) is 0 Å². The largest absolute Gasteiger partial charge is 0.396 e. The Bertz CT molecular complexity index is 920. The van der Waals surface area contributed by atoms with Crippen molar-refractivity contribution in [2.24, 2.45) is 0 Å². The first-order valence-electron chi connectivity index (χ1n) is 8.42. The van der Waals surface area contributed by atoms with E-state index >= 15 is 0 Å². The number of aliphatic hydroxyl groups excluding tert-OH is 1. The maximum Gasteiger partial charge on any atom is 0.256 e. The van der Waals surface area contributed by atoms with Crippen LogP contribution in [0.1, 0.15) is 34.0 Å². The molecule has 3 aromatic rings. The van der Waals surface area contributed by atoms with Gasteiger partial charge in [-0.1, -0.05) is 48.0 Å². The number of aliphatic hydroxyl groups is 1. The first-order chi connectivity index (χ1) is 12.2. The molecule has 2 N–H and O–H groups in total. The summed E-state index contributed by atoms with van der Waals surface area (Å²) in [5.74, 6) is -0.0747. The average molecular weight is 355 g/mol. The zero-order valence-electron chi connectivity index (χ0n) is 13.7. The number of H-pyrrole nitrogens is 1. The molecule has 4 rings (SSSR count). The first-order valence-corrected chi connectivity index (χ1v) is 8.80. The van der Waals surface area contributed by atoms with Crippen molar-refractivity contribution in [3.8, 4) is 0 Å². The number of nitrogens with one attached hydrogen (secondary N) is 1. The predicted molar refractivity (Wildman–Crippen MR) is 98.9 cm³/mol. The summed E-state index contributed by atoms with van der Waals surface area (Å²) in [6.07, 6.45) is 0.725. The Morgan fingerprint density at radius 2 is 2.00 bits per heavy atom. The van der Waals surface area contributed by atoms with Crippen molar-refractivity contribution in [3.05, 3.63) is 70.4 Å². The van der Waals surface area contributed by atoms with E-state index in [4.69, 9.17) is 11.6 Å². The molecule has 1 atom stereocenters. The maximum absolute atomic E-state index is 13.3. The number of aromatic amines is 1. The summed E-state index contributed by atoms with van der Waals surface area (Å²) in [5, 5.41) is 11.3. The first kappa shape index (κ1) is 16.2. The SMILES string of the molecule is O=C1c2c([nH]c3cc(Cl)ccc23)C(CO)CCN1Cc1ccccc1. The molecule has 0 saturated heterocycles. The molecule has 2 aromatic carbocycles. The molecule has 25 heavy (non-hydrogen) atoms. The molecule has 0 aliphatic carbocycles. The van der Waals surface area contributed by atoms with Crippen LogP contribution in [0.5, 0.6) is 0 Å². The lowest BCUT2D eigenvalue weighted by molar-refractivity contribution is 0.0747. The summed E-state index contributed by atoms with van der Waals surface area (Å²) in [6.45, 7) is 1.20. The predicted octanol–water partition coefficient (Wildman–Crippen LogP) is 3.94. The van der Waals surface area contributed by atoms with Crippen molar-refractivity contribution in [2.75, 3.05) is 13.2 Å². The second-order valence-corrected chi connectivity index (χ2v) is 6.92. The van der Waals surface area contributed by atoms with Crippen LogP contribution < -0.4 is 0 Å². The van der Waals surface area contributed by atoms with Crippen molar-refractivity contribution in [2.45, 2.75) is 18.9 Å². The zero-order valence-corrected chi connectivity index (χ0v) is 14.5. The minimum atomic E-state index is -0.0779. The second kappa shape index (κ2) is 6.54. The van der Waals surface area contributed by atoms with Crippen LogP contribution in [-0.2, 0) is 6.54 Å². The van der Waals surface area contributed by atoms with Crippen molar-refractivity contribution in [3.63, 3.8) is 0 Å². The van der Waals surface area contributed by atoms with Gasteiger partial charge in [-0.15, -0.1) is 0 Å². The van der Waals surface area contributed by atoms with Crippen LogP contribution in [0.25, 0.3) is 10.9 Å². The Hall–Kier alpha value is -2.30. The van der Waals surface area contributed by atoms with Crippen LogP contribution in [0.3, 0.4) is 0 Å². The van der Waals surface area contributed by atoms with Crippen LogP contribution in [0.15, 0.2) is 48.5 Å². The molecule has 1 aromatic heterocycles. The number of hydrogen-bond donors (Lipinski definition) is 2. The molecule has 0 saturated carbocycles. The lowest BCUT2D eigenvalue weighted by atomic mass is 9.99. The average Bonchev–Trinajstić information content (AvgIpc) is 2.94. The molecule has 5 heteroatoms. The van der Waals surface area contributed by atoms with Crippen LogP contribution in [-0.4, -0.2) is 34.0 Å². The Morgan fingerprint density at radius 3 is 2.76 bits per heavy atom. The molecule has 1 aliphatic rings. The molecule has 1 unspecified atom stereocenters. The highest BCUT2D eigenvalue weighted by molar-refractivity contribution is 6.31. The molecule has 1 amide bonds. The number of amides is 1.